The van der Waals surface area contributed by atoms with E-state index in [2.05, 4.69) is 10.3 Å². The molecule has 1 fully saturated rings. The van der Waals surface area contributed by atoms with Gasteiger partial charge in [0.1, 0.15) is 0 Å². The number of non-ortho nitro benzene ring substituents is 1. The molecule has 2 aromatic rings. The highest BCUT2D eigenvalue weighted by Crippen LogP contribution is 2.30. The fourth-order valence-electron chi connectivity index (χ4n) is 2.32. The molecule has 0 bridgehead atoms. The number of nitrogens with zero attached hydrogens (tertiary/aromatic N) is 2. The zero-order valence-electron chi connectivity index (χ0n) is 14.0. The van der Waals surface area contributed by atoms with Gasteiger partial charge in [-0.05, 0) is 35.5 Å². The molecule has 0 aromatic heterocycles. The van der Waals surface area contributed by atoms with Gasteiger partial charge in [0.2, 0.25) is 0 Å². The molecule has 9 heteroatoms. The Kier molecular flexibility index (Phi) is 5.32. The van der Waals surface area contributed by atoms with E-state index in [9.17, 15) is 19.7 Å². The van der Waals surface area contributed by atoms with Gasteiger partial charge in [0.25, 0.3) is 11.6 Å². The number of methoxy groups -OCH3 is 1. The Hall–Kier alpha value is -3.46. The molecule has 0 radical (unpaired) electrons. The number of nitro groups is 1. The van der Waals surface area contributed by atoms with Crippen molar-refractivity contribution >= 4 is 46.3 Å². The molecular weight excluding hydrogens is 370 g/mol. The van der Waals surface area contributed by atoms with Crippen LogP contribution >= 0.6 is 11.8 Å². The highest BCUT2D eigenvalue weighted by atomic mass is 32.2. The van der Waals surface area contributed by atoms with Crippen LogP contribution in [0.4, 0.5) is 11.4 Å². The summed E-state index contributed by atoms with van der Waals surface area (Å²) in [6, 6.07) is 12.6. The number of carbonyl (C=O) groups is 2. The predicted octanol–water partition coefficient (Wildman–Crippen LogP) is 3.27. The lowest BCUT2D eigenvalue weighted by Crippen LogP contribution is -2.19. The van der Waals surface area contributed by atoms with Gasteiger partial charge in [-0.1, -0.05) is 24.3 Å². The van der Waals surface area contributed by atoms with Crippen molar-refractivity contribution in [2.75, 3.05) is 7.11 Å². The standard InChI is InChI=1S/C18H13N3O5S/c1-26-17(23)13-7-2-3-8-14(13)19-18-20-16(22)15(27-18)10-11-5-4-6-12(9-11)21(24)25/h2-10H,1H3,(H,19,20,22)/b15-10-. The Morgan fingerprint density at radius 2 is 2.04 bits per heavy atom. The maximum Gasteiger partial charge on any atom is 0.340 e. The molecular formula is C18H13N3O5S. The lowest BCUT2D eigenvalue weighted by molar-refractivity contribution is -0.384. The fourth-order valence-corrected chi connectivity index (χ4v) is 3.16. The molecule has 0 unspecified atom stereocenters. The average molecular weight is 383 g/mol. The third kappa shape index (κ3) is 4.21. The average Bonchev–Trinajstić information content (AvgIpc) is 3.00. The first-order valence-corrected chi connectivity index (χ1v) is 8.51. The first-order valence-electron chi connectivity index (χ1n) is 7.69. The molecule has 8 nitrogen and oxygen atoms in total. The molecule has 0 saturated carbocycles. The summed E-state index contributed by atoms with van der Waals surface area (Å²) >= 11 is 1.08. The van der Waals surface area contributed by atoms with Crippen LogP contribution in [0.1, 0.15) is 15.9 Å². The van der Waals surface area contributed by atoms with E-state index < -0.39 is 10.9 Å². The molecule has 0 spiro atoms. The highest BCUT2D eigenvalue weighted by Gasteiger charge is 2.24. The molecule has 1 aliphatic heterocycles. The third-order valence-corrected chi connectivity index (χ3v) is 4.47. The summed E-state index contributed by atoms with van der Waals surface area (Å²) in [6.07, 6.45) is 1.54. The van der Waals surface area contributed by atoms with Crippen LogP contribution in [0.15, 0.2) is 58.4 Å². The number of ether oxygens (including phenoxy) is 1. The number of amides is 1. The van der Waals surface area contributed by atoms with Crippen LogP contribution in [-0.4, -0.2) is 29.1 Å². The third-order valence-electron chi connectivity index (χ3n) is 3.56. The Morgan fingerprint density at radius 1 is 1.26 bits per heavy atom. The molecule has 27 heavy (non-hydrogen) atoms. The van der Waals surface area contributed by atoms with Crippen LogP contribution in [-0.2, 0) is 9.53 Å². The summed E-state index contributed by atoms with van der Waals surface area (Å²) in [4.78, 5) is 39.0. The molecule has 136 valence electrons. The maximum atomic E-state index is 12.2. The minimum absolute atomic E-state index is 0.0614. The fraction of sp³-hybridized carbons (Fsp3) is 0.0556. The number of rotatable bonds is 4. The quantitative estimate of drug-likeness (QED) is 0.375. The second kappa shape index (κ2) is 7.83. The van der Waals surface area contributed by atoms with Gasteiger partial charge in [0.05, 0.1) is 28.2 Å². The summed E-state index contributed by atoms with van der Waals surface area (Å²) in [5.41, 5.74) is 1.11. The zero-order chi connectivity index (χ0) is 19.4. The smallest absolute Gasteiger partial charge is 0.340 e. The number of carbonyl (C=O) groups excluding carboxylic acids is 2. The van der Waals surface area contributed by atoms with Crippen molar-refractivity contribution in [2.24, 2.45) is 4.99 Å². The first kappa shape index (κ1) is 18.3. The predicted molar refractivity (Wildman–Crippen MR) is 102 cm³/mol. The Balaban J connectivity index is 1.88. The van der Waals surface area contributed by atoms with Crippen LogP contribution in [0, 0.1) is 10.1 Å². The minimum Gasteiger partial charge on any atom is -0.465 e. The zero-order valence-corrected chi connectivity index (χ0v) is 14.9. The largest absolute Gasteiger partial charge is 0.465 e. The van der Waals surface area contributed by atoms with Crippen molar-refractivity contribution in [1.82, 2.24) is 5.32 Å². The number of thioether (sulfide) groups is 1. The van der Waals surface area contributed by atoms with Crippen molar-refractivity contribution in [3.63, 3.8) is 0 Å². The molecule has 0 aliphatic carbocycles. The normalized spacial score (nSPS) is 16.4. The molecule has 1 aliphatic rings. The first-order chi connectivity index (χ1) is 13.0. The second-order valence-electron chi connectivity index (χ2n) is 5.34. The molecule has 2 aromatic carbocycles. The number of hydrogen-bond acceptors (Lipinski definition) is 7. The van der Waals surface area contributed by atoms with Crippen LogP contribution in [0.2, 0.25) is 0 Å². The maximum absolute atomic E-state index is 12.2. The topological polar surface area (TPSA) is 111 Å². The lowest BCUT2D eigenvalue weighted by Gasteiger charge is -2.03. The molecule has 1 saturated heterocycles. The summed E-state index contributed by atoms with van der Waals surface area (Å²) in [7, 11) is 1.28. The Bertz CT molecular complexity index is 1000. The van der Waals surface area contributed by atoms with Gasteiger partial charge in [-0.15, -0.1) is 0 Å². The molecule has 3 rings (SSSR count). The summed E-state index contributed by atoms with van der Waals surface area (Å²) < 4.78 is 4.72. The Labute approximate surface area is 158 Å². The van der Waals surface area contributed by atoms with Gasteiger partial charge in [-0.2, -0.15) is 0 Å². The highest BCUT2D eigenvalue weighted by molar-refractivity contribution is 8.18. The monoisotopic (exact) mass is 383 g/mol. The van der Waals surface area contributed by atoms with E-state index in [1.54, 1.807) is 42.5 Å². The van der Waals surface area contributed by atoms with Crippen molar-refractivity contribution in [3.8, 4) is 0 Å². The van der Waals surface area contributed by atoms with Gasteiger partial charge in [0, 0.05) is 12.1 Å². The van der Waals surface area contributed by atoms with Crippen molar-refractivity contribution in [3.05, 3.63) is 74.7 Å². The minimum atomic E-state index is -0.531. The van der Waals surface area contributed by atoms with E-state index >= 15 is 0 Å². The van der Waals surface area contributed by atoms with Crippen LogP contribution in [0.3, 0.4) is 0 Å². The number of hydrogen-bond donors (Lipinski definition) is 1. The van der Waals surface area contributed by atoms with Gasteiger partial charge < -0.3 is 10.1 Å². The van der Waals surface area contributed by atoms with Gasteiger partial charge in [0.15, 0.2) is 5.17 Å². The van der Waals surface area contributed by atoms with Gasteiger partial charge >= 0.3 is 5.97 Å². The second-order valence-corrected chi connectivity index (χ2v) is 6.37. The molecule has 1 N–H and O–H groups in total. The summed E-state index contributed by atoms with van der Waals surface area (Å²) in [5.74, 6) is -0.905. The van der Waals surface area contributed by atoms with Crippen LogP contribution < -0.4 is 5.32 Å². The number of aliphatic imine (C=N–C) groups is 1. The van der Waals surface area contributed by atoms with Crippen LogP contribution in [0.5, 0.6) is 0 Å². The van der Waals surface area contributed by atoms with E-state index in [4.69, 9.17) is 4.74 Å². The molecule has 1 heterocycles. The number of nitrogens with one attached hydrogen (secondary N) is 1. The van der Waals surface area contributed by atoms with Crippen molar-refractivity contribution < 1.29 is 19.2 Å². The van der Waals surface area contributed by atoms with Crippen molar-refractivity contribution in [1.29, 1.82) is 0 Å². The Morgan fingerprint density at radius 3 is 2.78 bits per heavy atom. The van der Waals surface area contributed by atoms with E-state index in [1.807, 2.05) is 0 Å². The molecule has 0 atom stereocenters. The van der Waals surface area contributed by atoms with Gasteiger partial charge in [-0.3, -0.25) is 14.9 Å². The number of para-hydroxylation sites is 1. The SMILES string of the molecule is COC(=O)c1ccccc1N=C1NC(=O)/C(=C/c2cccc([N+](=O)[O-])c2)S1. The summed E-state index contributed by atoms with van der Waals surface area (Å²) in [5, 5.41) is 13.8. The number of esters is 1. The number of benzene rings is 2. The van der Waals surface area contributed by atoms with E-state index in [1.165, 1.54) is 19.2 Å². The van der Waals surface area contributed by atoms with Gasteiger partial charge in [-0.25, -0.2) is 9.79 Å². The van der Waals surface area contributed by atoms with Crippen molar-refractivity contribution in [2.45, 2.75) is 0 Å². The number of amidine groups is 1. The molecule has 1 amide bonds. The van der Waals surface area contributed by atoms with Crippen LogP contribution in [0.25, 0.3) is 6.08 Å². The number of nitro benzene ring substituents is 1. The summed E-state index contributed by atoms with van der Waals surface area (Å²) in [6.45, 7) is 0. The van der Waals surface area contributed by atoms with E-state index in [-0.39, 0.29) is 17.2 Å². The van der Waals surface area contributed by atoms with E-state index in [0.29, 0.717) is 21.3 Å². The lowest BCUT2D eigenvalue weighted by atomic mass is 10.2. The van der Waals surface area contributed by atoms with E-state index in [0.717, 1.165) is 11.8 Å².